The average Bonchev–Trinajstić information content (AvgIpc) is 3.09. The van der Waals surface area contributed by atoms with Crippen LogP contribution in [0.25, 0.3) is 0 Å². The fraction of sp³-hybridized carbons (Fsp3) is 0.950. The molecule has 1 aliphatic heterocycles. The van der Waals surface area contributed by atoms with Crippen molar-refractivity contribution in [3.05, 3.63) is 0 Å². The van der Waals surface area contributed by atoms with Gasteiger partial charge in [0.05, 0.1) is 0 Å². The Morgan fingerprint density at radius 1 is 0.783 bits per heavy atom. The van der Waals surface area contributed by atoms with Crippen LogP contribution in [0.1, 0.15) is 96.8 Å². The summed E-state index contributed by atoms with van der Waals surface area (Å²) in [6.07, 6.45) is 17.7. The van der Waals surface area contributed by atoms with Crippen molar-refractivity contribution in [1.82, 2.24) is 10.2 Å². The van der Waals surface area contributed by atoms with E-state index >= 15 is 0 Å². The highest BCUT2D eigenvalue weighted by molar-refractivity contribution is 5.76. The molecule has 136 valence electrons. The van der Waals surface area contributed by atoms with E-state index in [1.54, 1.807) is 0 Å². The molecule has 0 spiro atoms. The SMILES string of the molecule is CCCCNCCCCCCCCCCCC(=O)N1CCCC1. The summed E-state index contributed by atoms with van der Waals surface area (Å²) in [6, 6.07) is 0. The number of unbranched alkanes of at least 4 members (excludes halogenated alkanes) is 9. The van der Waals surface area contributed by atoms with Gasteiger partial charge in [0, 0.05) is 19.5 Å². The zero-order chi connectivity index (χ0) is 16.6. The van der Waals surface area contributed by atoms with Crippen molar-refractivity contribution >= 4 is 5.91 Å². The van der Waals surface area contributed by atoms with E-state index in [9.17, 15) is 4.79 Å². The first kappa shape index (κ1) is 20.5. The number of carbonyl (C=O) groups excluding carboxylic acids is 1. The van der Waals surface area contributed by atoms with Crippen molar-refractivity contribution in [2.75, 3.05) is 26.2 Å². The van der Waals surface area contributed by atoms with Gasteiger partial charge < -0.3 is 10.2 Å². The van der Waals surface area contributed by atoms with Gasteiger partial charge in [-0.3, -0.25) is 4.79 Å². The lowest BCUT2D eigenvalue weighted by molar-refractivity contribution is -0.130. The van der Waals surface area contributed by atoms with Crippen LogP contribution in [-0.4, -0.2) is 37.0 Å². The molecule has 1 heterocycles. The van der Waals surface area contributed by atoms with Crippen LogP contribution in [0.4, 0.5) is 0 Å². The molecule has 1 N–H and O–H groups in total. The fourth-order valence-electron chi connectivity index (χ4n) is 3.32. The second kappa shape index (κ2) is 15.0. The second-order valence-electron chi connectivity index (χ2n) is 7.12. The minimum atomic E-state index is 0.398. The predicted octanol–water partition coefficient (Wildman–Crippen LogP) is 4.90. The van der Waals surface area contributed by atoms with E-state index in [0.29, 0.717) is 5.91 Å². The highest BCUT2D eigenvalue weighted by Crippen LogP contribution is 2.13. The molecule has 0 aromatic rings. The minimum Gasteiger partial charge on any atom is -0.343 e. The van der Waals surface area contributed by atoms with E-state index in [1.165, 1.54) is 90.1 Å². The summed E-state index contributed by atoms with van der Waals surface area (Å²) in [5, 5.41) is 3.51. The molecule has 0 aromatic heterocycles. The van der Waals surface area contributed by atoms with Gasteiger partial charge in [0.25, 0.3) is 0 Å². The lowest BCUT2D eigenvalue weighted by Crippen LogP contribution is -2.27. The molecule has 3 nitrogen and oxygen atoms in total. The molecule has 23 heavy (non-hydrogen) atoms. The molecule has 0 radical (unpaired) electrons. The van der Waals surface area contributed by atoms with Gasteiger partial charge in [0.2, 0.25) is 5.91 Å². The molecule has 0 bridgehead atoms. The minimum absolute atomic E-state index is 0.398. The first-order valence-corrected chi connectivity index (χ1v) is 10.3. The lowest BCUT2D eigenvalue weighted by Gasteiger charge is -2.14. The van der Waals surface area contributed by atoms with Crippen LogP contribution < -0.4 is 5.32 Å². The van der Waals surface area contributed by atoms with Crippen LogP contribution in [0.2, 0.25) is 0 Å². The van der Waals surface area contributed by atoms with Crippen LogP contribution in [0.5, 0.6) is 0 Å². The monoisotopic (exact) mass is 324 g/mol. The maximum absolute atomic E-state index is 11.9. The number of nitrogens with zero attached hydrogens (tertiary/aromatic N) is 1. The summed E-state index contributed by atoms with van der Waals surface area (Å²) >= 11 is 0. The summed E-state index contributed by atoms with van der Waals surface area (Å²) in [5.41, 5.74) is 0. The molecule has 1 saturated heterocycles. The first-order valence-electron chi connectivity index (χ1n) is 10.3. The Morgan fingerprint density at radius 3 is 1.91 bits per heavy atom. The summed E-state index contributed by atoms with van der Waals surface area (Å²) in [6.45, 7) is 6.65. The number of hydrogen-bond donors (Lipinski definition) is 1. The van der Waals surface area contributed by atoms with Crippen molar-refractivity contribution in [2.24, 2.45) is 0 Å². The number of likely N-dealkylation sites (tertiary alicyclic amines) is 1. The van der Waals surface area contributed by atoms with Gasteiger partial charge in [-0.2, -0.15) is 0 Å². The molecular formula is C20H40N2O. The summed E-state index contributed by atoms with van der Waals surface area (Å²) in [5.74, 6) is 0.398. The van der Waals surface area contributed by atoms with Gasteiger partial charge >= 0.3 is 0 Å². The molecule has 0 atom stereocenters. The van der Waals surface area contributed by atoms with Crippen LogP contribution in [0.15, 0.2) is 0 Å². The third-order valence-electron chi connectivity index (χ3n) is 4.91. The predicted molar refractivity (Wildman–Crippen MR) is 99.8 cm³/mol. The molecule has 0 aromatic carbocycles. The van der Waals surface area contributed by atoms with Gasteiger partial charge in [-0.25, -0.2) is 0 Å². The van der Waals surface area contributed by atoms with E-state index in [4.69, 9.17) is 0 Å². The van der Waals surface area contributed by atoms with Crippen molar-refractivity contribution in [1.29, 1.82) is 0 Å². The Bertz CT molecular complexity index is 275. The van der Waals surface area contributed by atoms with Gasteiger partial charge in [-0.05, 0) is 45.2 Å². The number of carbonyl (C=O) groups is 1. The molecule has 1 aliphatic rings. The summed E-state index contributed by atoms with van der Waals surface area (Å²) < 4.78 is 0. The molecule has 1 fully saturated rings. The quantitative estimate of drug-likeness (QED) is 0.435. The molecular weight excluding hydrogens is 284 g/mol. The third kappa shape index (κ3) is 11.6. The van der Waals surface area contributed by atoms with E-state index in [1.807, 2.05) is 0 Å². The Labute approximate surface area is 144 Å². The highest BCUT2D eigenvalue weighted by atomic mass is 16.2. The number of hydrogen-bond acceptors (Lipinski definition) is 2. The standard InChI is InChI=1S/C20H40N2O/c1-2-3-16-21-17-12-10-8-6-4-5-7-9-11-15-20(23)22-18-13-14-19-22/h21H,2-19H2,1H3. The maximum atomic E-state index is 11.9. The number of amides is 1. The van der Waals surface area contributed by atoms with Crippen LogP contribution in [-0.2, 0) is 4.79 Å². The Kier molecular flexibility index (Phi) is 13.3. The zero-order valence-electron chi connectivity index (χ0n) is 15.6. The average molecular weight is 325 g/mol. The Hall–Kier alpha value is -0.570. The highest BCUT2D eigenvalue weighted by Gasteiger charge is 2.16. The molecule has 0 saturated carbocycles. The van der Waals surface area contributed by atoms with Gasteiger partial charge in [-0.1, -0.05) is 58.3 Å². The fourth-order valence-corrected chi connectivity index (χ4v) is 3.32. The molecule has 0 aliphatic carbocycles. The lowest BCUT2D eigenvalue weighted by atomic mass is 10.1. The molecule has 1 amide bonds. The number of nitrogens with one attached hydrogen (secondary N) is 1. The topological polar surface area (TPSA) is 32.3 Å². The van der Waals surface area contributed by atoms with E-state index < -0.39 is 0 Å². The number of rotatable bonds is 15. The van der Waals surface area contributed by atoms with Crippen LogP contribution >= 0.6 is 0 Å². The van der Waals surface area contributed by atoms with Crippen molar-refractivity contribution in [2.45, 2.75) is 96.8 Å². The van der Waals surface area contributed by atoms with Crippen molar-refractivity contribution in [3.63, 3.8) is 0 Å². The van der Waals surface area contributed by atoms with Crippen LogP contribution in [0, 0.1) is 0 Å². The van der Waals surface area contributed by atoms with Gasteiger partial charge in [0.15, 0.2) is 0 Å². The zero-order valence-corrected chi connectivity index (χ0v) is 15.6. The largest absolute Gasteiger partial charge is 0.343 e. The van der Waals surface area contributed by atoms with Gasteiger partial charge in [0.1, 0.15) is 0 Å². The third-order valence-corrected chi connectivity index (χ3v) is 4.91. The second-order valence-corrected chi connectivity index (χ2v) is 7.12. The summed E-state index contributed by atoms with van der Waals surface area (Å²) in [7, 11) is 0. The smallest absolute Gasteiger partial charge is 0.222 e. The Morgan fingerprint density at radius 2 is 1.30 bits per heavy atom. The normalized spacial score (nSPS) is 14.6. The summed E-state index contributed by atoms with van der Waals surface area (Å²) in [4.78, 5) is 13.9. The van der Waals surface area contributed by atoms with Crippen LogP contribution in [0.3, 0.4) is 0 Å². The molecule has 1 rings (SSSR count). The van der Waals surface area contributed by atoms with E-state index in [0.717, 1.165) is 25.9 Å². The maximum Gasteiger partial charge on any atom is 0.222 e. The van der Waals surface area contributed by atoms with Crippen molar-refractivity contribution in [3.8, 4) is 0 Å². The Balaban J connectivity index is 1.72. The molecule has 0 unspecified atom stereocenters. The van der Waals surface area contributed by atoms with E-state index in [-0.39, 0.29) is 0 Å². The van der Waals surface area contributed by atoms with Gasteiger partial charge in [-0.15, -0.1) is 0 Å². The molecule has 3 heteroatoms. The first-order chi connectivity index (χ1) is 11.3. The van der Waals surface area contributed by atoms with E-state index in [2.05, 4.69) is 17.1 Å². The van der Waals surface area contributed by atoms with Crippen molar-refractivity contribution < 1.29 is 4.79 Å².